The van der Waals surface area contributed by atoms with Gasteiger partial charge in [-0.25, -0.2) is 4.39 Å². The molecule has 0 amide bonds. The lowest BCUT2D eigenvalue weighted by atomic mass is 10.0. The van der Waals surface area contributed by atoms with Crippen molar-refractivity contribution in [1.82, 2.24) is 4.90 Å². The normalized spacial score (nSPS) is 21.2. The Morgan fingerprint density at radius 1 is 1.39 bits per heavy atom. The second-order valence-electron chi connectivity index (χ2n) is 4.85. The summed E-state index contributed by atoms with van der Waals surface area (Å²) in [5.41, 5.74) is 0.933. The SMILES string of the molecule is COC[C@H]1CCCCN1Cc1cc(F)cc(Cl)c1. The molecule has 1 aliphatic heterocycles. The van der Waals surface area contributed by atoms with E-state index in [1.165, 1.54) is 18.9 Å². The Hall–Kier alpha value is -0.640. The highest BCUT2D eigenvalue weighted by atomic mass is 35.5. The molecule has 1 aliphatic rings. The quantitative estimate of drug-likeness (QED) is 0.831. The number of ether oxygens (including phenoxy) is 1. The van der Waals surface area contributed by atoms with Crippen LogP contribution in [0.1, 0.15) is 24.8 Å². The molecule has 0 aromatic heterocycles. The van der Waals surface area contributed by atoms with Crippen LogP contribution in [0.15, 0.2) is 18.2 Å². The zero-order chi connectivity index (χ0) is 13.0. The zero-order valence-corrected chi connectivity index (χ0v) is 11.4. The van der Waals surface area contributed by atoms with E-state index in [-0.39, 0.29) is 5.82 Å². The molecule has 1 aromatic rings. The molecule has 0 aliphatic carbocycles. The monoisotopic (exact) mass is 271 g/mol. The molecule has 1 aromatic carbocycles. The molecule has 1 heterocycles. The smallest absolute Gasteiger partial charge is 0.125 e. The molecule has 2 rings (SSSR count). The van der Waals surface area contributed by atoms with Gasteiger partial charge in [-0.05, 0) is 43.1 Å². The lowest BCUT2D eigenvalue weighted by Crippen LogP contribution is -2.41. The molecule has 1 saturated heterocycles. The molecule has 0 bridgehead atoms. The van der Waals surface area contributed by atoms with Gasteiger partial charge in [0.1, 0.15) is 5.82 Å². The number of benzene rings is 1. The van der Waals surface area contributed by atoms with Gasteiger partial charge in [0.2, 0.25) is 0 Å². The fraction of sp³-hybridized carbons (Fsp3) is 0.571. The van der Waals surface area contributed by atoms with Gasteiger partial charge in [0.25, 0.3) is 0 Å². The number of methoxy groups -OCH3 is 1. The Labute approximate surface area is 113 Å². The number of hydrogen-bond donors (Lipinski definition) is 0. The van der Waals surface area contributed by atoms with E-state index in [0.29, 0.717) is 11.1 Å². The van der Waals surface area contributed by atoms with Gasteiger partial charge >= 0.3 is 0 Å². The Balaban J connectivity index is 2.05. The predicted octanol–water partition coefficient (Wildman–Crippen LogP) is 3.48. The van der Waals surface area contributed by atoms with Crippen molar-refractivity contribution in [3.05, 3.63) is 34.6 Å². The van der Waals surface area contributed by atoms with E-state index in [1.54, 1.807) is 13.2 Å². The highest BCUT2D eigenvalue weighted by molar-refractivity contribution is 6.30. The van der Waals surface area contributed by atoms with Gasteiger partial charge in [0, 0.05) is 24.7 Å². The van der Waals surface area contributed by atoms with Crippen LogP contribution in [0.5, 0.6) is 0 Å². The fourth-order valence-electron chi connectivity index (χ4n) is 2.59. The van der Waals surface area contributed by atoms with Crippen molar-refractivity contribution < 1.29 is 9.13 Å². The average Bonchev–Trinajstić information content (AvgIpc) is 2.30. The first kappa shape index (κ1) is 13.8. The van der Waals surface area contributed by atoms with Crippen molar-refractivity contribution in [2.24, 2.45) is 0 Å². The van der Waals surface area contributed by atoms with Crippen LogP contribution in [-0.4, -0.2) is 31.2 Å². The lowest BCUT2D eigenvalue weighted by molar-refractivity contribution is 0.0600. The number of halogens is 2. The summed E-state index contributed by atoms with van der Waals surface area (Å²) in [4.78, 5) is 2.36. The maximum absolute atomic E-state index is 13.3. The van der Waals surface area contributed by atoms with E-state index in [2.05, 4.69) is 4.90 Å². The number of likely N-dealkylation sites (tertiary alicyclic amines) is 1. The minimum atomic E-state index is -0.266. The van der Waals surface area contributed by atoms with Gasteiger partial charge in [0.15, 0.2) is 0 Å². The average molecular weight is 272 g/mol. The third-order valence-electron chi connectivity index (χ3n) is 3.42. The van der Waals surface area contributed by atoms with E-state index in [1.807, 2.05) is 6.07 Å². The van der Waals surface area contributed by atoms with Crippen LogP contribution >= 0.6 is 11.6 Å². The fourth-order valence-corrected chi connectivity index (χ4v) is 2.83. The number of piperidine rings is 1. The molecule has 1 fully saturated rings. The minimum absolute atomic E-state index is 0.266. The van der Waals surface area contributed by atoms with Gasteiger partial charge < -0.3 is 4.74 Å². The Morgan fingerprint density at radius 3 is 2.94 bits per heavy atom. The van der Waals surface area contributed by atoms with Crippen LogP contribution < -0.4 is 0 Å². The molecular formula is C14H19ClFNO. The zero-order valence-electron chi connectivity index (χ0n) is 10.7. The number of hydrogen-bond acceptors (Lipinski definition) is 2. The highest BCUT2D eigenvalue weighted by Gasteiger charge is 2.22. The maximum Gasteiger partial charge on any atom is 0.125 e. The minimum Gasteiger partial charge on any atom is -0.383 e. The molecule has 0 saturated carbocycles. The van der Waals surface area contributed by atoms with E-state index < -0.39 is 0 Å². The molecule has 0 spiro atoms. The second-order valence-corrected chi connectivity index (χ2v) is 5.29. The second kappa shape index (κ2) is 6.50. The van der Waals surface area contributed by atoms with E-state index in [9.17, 15) is 4.39 Å². The Morgan fingerprint density at radius 2 is 2.22 bits per heavy atom. The van der Waals surface area contributed by atoms with E-state index in [0.717, 1.165) is 31.7 Å². The summed E-state index contributed by atoms with van der Waals surface area (Å²) in [6.45, 7) is 2.52. The predicted molar refractivity (Wildman–Crippen MR) is 71.3 cm³/mol. The summed E-state index contributed by atoms with van der Waals surface area (Å²) >= 11 is 5.88. The Kier molecular flexibility index (Phi) is 4.98. The summed E-state index contributed by atoms with van der Waals surface area (Å²) < 4.78 is 18.6. The van der Waals surface area contributed by atoms with Crippen LogP contribution in [0, 0.1) is 5.82 Å². The number of rotatable bonds is 4. The largest absolute Gasteiger partial charge is 0.383 e. The van der Waals surface area contributed by atoms with Crippen LogP contribution in [0.25, 0.3) is 0 Å². The van der Waals surface area contributed by atoms with E-state index in [4.69, 9.17) is 16.3 Å². The molecule has 1 atom stereocenters. The van der Waals surface area contributed by atoms with Crippen LogP contribution in [0.3, 0.4) is 0 Å². The van der Waals surface area contributed by atoms with Crippen molar-refractivity contribution in [3.8, 4) is 0 Å². The summed E-state index contributed by atoms with van der Waals surface area (Å²) in [6.07, 6.45) is 3.59. The lowest BCUT2D eigenvalue weighted by Gasteiger charge is -2.35. The molecule has 0 N–H and O–H groups in total. The summed E-state index contributed by atoms with van der Waals surface area (Å²) in [5.74, 6) is -0.266. The van der Waals surface area contributed by atoms with Gasteiger partial charge in [-0.15, -0.1) is 0 Å². The third-order valence-corrected chi connectivity index (χ3v) is 3.63. The first-order valence-corrected chi connectivity index (χ1v) is 6.75. The van der Waals surface area contributed by atoms with Crippen molar-refractivity contribution in [3.63, 3.8) is 0 Å². The standard InChI is InChI=1S/C14H19ClFNO/c1-18-10-14-4-2-3-5-17(14)9-11-6-12(15)8-13(16)7-11/h6-8,14H,2-5,9-10H2,1H3/t14-/m1/s1. The van der Waals surface area contributed by atoms with E-state index >= 15 is 0 Å². The van der Waals surface area contributed by atoms with Crippen molar-refractivity contribution >= 4 is 11.6 Å². The third kappa shape index (κ3) is 3.67. The van der Waals surface area contributed by atoms with Gasteiger partial charge in [0.05, 0.1) is 6.61 Å². The molecule has 0 radical (unpaired) electrons. The molecule has 18 heavy (non-hydrogen) atoms. The van der Waals surface area contributed by atoms with Crippen molar-refractivity contribution in [2.45, 2.75) is 31.8 Å². The number of nitrogens with zero attached hydrogens (tertiary/aromatic N) is 1. The molecule has 100 valence electrons. The van der Waals surface area contributed by atoms with Gasteiger partial charge in [-0.1, -0.05) is 18.0 Å². The molecule has 0 unspecified atom stereocenters. The molecule has 2 nitrogen and oxygen atoms in total. The summed E-state index contributed by atoms with van der Waals surface area (Å²) in [7, 11) is 1.73. The van der Waals surface area contributed by atoms with Gasteiger partial charge in [-0.2, -0.15) is 0 Å². The van der Waals surface area contributed by atoms with Crippen LogP contribution in [-0.2, 0) is 11.3 Å². The summed E-state index contributed by atoms with van der Waals surface area (Å²) in [6, 6.07) is 5.17. The maximum atomic E-state index is 13.3. The van der Waals surface area contributed by atoms with Crippen LogP contribution in [0.2, 0.25) is 5.02 Å². The Bertz CT molecular complexity index is 377. The van der Waals surface area contributed by atoms with Gasteiger partial charge in [-0.3, -0.25) is 4.90 Å². The summed E-state index contributed by atoms with van der Waals surface area (Å²) in [5, 5.41) is 0.463. The highest BCUT2D eigenvalue weighted by Crippen LogP contribution is 2.22. The molecular weight excluding hydrogens is 253 g/mol. The first-order valence-electron chi connectivity index (χ1n) is 6.37. The topological polar surface area (TPSA) is 12.5 Å². The first-order chi connectivity index (χ1) is 8.69. The van der Waals surface area contributed by atoms with Crippen molar-refractivity contribution in [1.29, 1.82) is 0 Å². The molecule has 4 heteroatoms. The van der Waals surface area contributed by atoms with Crippen molar-refractivity contribution in [2.75, 3.05) is 20.3 Å². The van der Waals surface area contributed by atoms with Crippen LogP contribution in [0.4, 0.5) is 4.39 Å².